The molecule has 0 aromatic heterocycles. The average molecular weight is 167 g/mol. The van der Waals surface area contributed by atoms with Gasteiger partial charge in [0.25, 0.3) is 0 Å². The quantitative estimate of drug-likeness (QED) is 0.437. The molecule has 0 nitrogen and oxygen atoms in total. The molecule has 0 saturated carbocycles. The first-order valence-corrected chi connectivity index (χ1v) is 10.5. The molecular formula is C5H15ClSi2. The van der Waals surface area contributed by atoms with Gasteiger partial charge in [-0.1, -0.05) is 31.9 Å². The van der Waals surface area contributed by atoms with Gasteiger partial charge in [0, 0.05) is 8.07 Å². The molecule has 0 aliphatic heterocycles. The molecular weight excluding hydrogens is 152 g/mol. The fourth-order valence-corrected chi connectivity index (χ4v) is 11.8. The Morgan fingerprint density at radius 1 is 1.38 bits per heavy atom. The highest BCUT2D eigenvalue weighted by Gasteiger charge is 2.15. The standard InChI is InChI=1S/C5H15ClSi2/c1-7(6)5-8(2,3)4/h7H,5H2,1-4H3. The van der Waals surface area contributed by atoms with Gasteiger partial charge in [-0.3, -0.25) is 0 Å². The Bertz CT molecular complexity index is 65.3. The van der Waals surface area contributed by atoms with Crippen molar-refractivity contribution in [1.29, 1.82) is 0 Å². The van der Waals surface area contributed by atoms with E-state index in [-0.39, 0.29) is 0 Å². The first kappa shape index (κ1) is 8.72. The van der Waals surface area contributed by atoms with Gasteiger partial charge in [-0.25, -0.2) is 0 Å². The van der Waals surface area contributed by atoms with Crippen molar-refractivity contribution < 1.29 is 0 Å². The highest BCUT2D eigenvalue weighted by atomic mass is 35.6. The number of hydrogen-bond acceptors (Lipinski definition) is 0. The first-order valence-electron chi connectivity index (χ1n) is 3.06. The molecule has 0 fully saturated rings. The Balaban J connectivity index is 3.39. The molecule has 0 aromatic carbocycles. The van der Waals surface area contributed by atoms with Gasteiger partial charge in [0.15, 0.2) is 0 Å². The summed E-state index contributed by atoms with van der Waals surface area (Å²) in [7, 11) is -1.55. The van der Waals surface area contributed by atoms with Crippen LogP contribution in [0.4, 0.5) is 0 Å². The van der Waals surface area contributed by atoms with E-state index in [9.17, 15) is 0 Å². The molecule has 0 heterocycles. The van der Waals surface area contributed by atoms with Crippen LogP contribution in [0.15, 0.2) is 0 Å². The van der Waals surface area contributed by atoms with Gasteiger partial charge in [0.1, 0.15) is 8.11 Å². The van der Waals surface area contributed by atoms with Gasteiger partial charge < -0.3 is 0 Å². The van der Waals surface area contributed by atoms with Gasteiger partial charge in [0.2, 0.25) is 0 Å². The Labute approximate surface area is 59.6 Å². The summed E-state index contributed by atoms with van der Waals surface area (Å²) in [6.07, 6.45) is 0. The maximum atomic E-state index is 5.94. The zero-order chi connectivity index (χ0) is 6.78. The summed E-state index contributed by atoms with van der Waals surface area (Å²) in [5, 5.41) is 0. The van der Waals surface area contributed by atoms with Crippen molar-refractivity contribution in [3.05, 3.63) is 0 Å². The number of hydrogen-bond donors (Lipinski definition) is 0. The van der Waals surface area contributed by atoms with Gasteiger partial charge in [-0.2, -0.15) is 11.1 Å². The molecule has 8 heavy (non-hydrogen) atoms. The van der Waals surface area contributed by atoms with Crippen molar-refractivity contribution in [3.8, 4) is 0 Å². The lowest BCUT2D eigenvalue weighted by Gasteiger charge is -2.15. The predicted octanol–water partition coefficient (Wildman–Crippen LogP) is 2.46. The minimum atomic E-state index is -0.791. The zero-order valence-electron chi connectivity index (χ0n) is 6.16. The molecule has 0 N–H and O–H groups in total. The van der Waals surface area contributed by atoms with E-state index in [1.54, 1.807) is 0 Å². The second-order valence-electron chi connectivity index (χ2n) is 3.55. The summed E-state index contributed by atoms with van der Waals surface area (Å²) in [6.45, 7) is 9.33. The summed E-state index contributed by atoms with van der Waals surface area (Å²) in [5.74, 6) is 0. The molecule has 0 bridgehead atoms. The summed E-state index contributed by atoms with van der Waals surface area (Å²) in [6, 6.07) is 0. The molecule has 0 aliphatic carbocycles. The molecule has 0 spiro atoms. The van der Waals surface area contributed by atoms with Crippen LogP contribution >= 0.6 is 11.1 Å². The molecule has 1 unspecified atom stereocenters. The van der Waals surface area contributed by atoms with E-state index >= 15 is 0 Å². The predicted molar refractivity (Wildman–Crippen MR) is 47.0 cm³/mol. The monoisotopic (exact) mass is 166 g/mol. The van der Waals surface area contributed by atoms with Gasteiger partial charge in [0.05, 0.1) is 0 Å². The van der Waals surface area contributed by atoms with E-state index < -0.39 is 16.2 Å². The summed E-state index contributed by atoms with van der Waals surface area (Å²) in [5.41, 5.74) is 1.37. The summed E-state index contributed by atoms with van der Waals surface area (Å²) < 4.78 is 0. The van der Waals surface area contributed by atoms with Crippen molar-refractivity contribution in [2.24, 2.45) is 0 Å². The highest BCUT2D eigenvalue weighted by molar-refractivity contribution is 7.12. The SMILES string of the molecule is C[SiH](Cl)C[Si](C)(C)C. The molecule has 0 radical (unpaired) electrons. The van der Waals surface area contributed by atoms with E-state index in [2.05, 4.69) is 26.2 Å². The molecule has 0 rings (SSSR count). The minimum absolute atomic E-state index is 0.762. The number of rotatable bonds is 2. The van der Waals surface area contributed by atoms with Crippen LogP contribution in [0.5, 0.6) is 0 Å². The van der Waals surface area contributed by atoms with Crippen LogP contribution in [0, 0.1) is 0 Å². The van der Waals surface area contributed by atoms with Crippen LogP contribution in [0.1, 0.15) is 0 Å². The molecule has 0 aliphatic rings. The summed E-state index contributed by atoms with van der Waals surface area (Å²) in [4.78, 5) is 0. The lowest BCUT2D eigenvalue weighted by molar-refractivity contribution is 1.62. The Morgan fingerprint density at radius 2 is 1.75 bits per heavy atom. The van der Waals surface area contributed by atoms with E-state index in [0.717, 1.165) is 0 Å². The van der Waals surface area contributed by atoms with E-state index in [1.165, 1.54) is 5.67 Å². The molecule has 0 saturated heterocycles. The van der Waals surface area contributed by atoms with Crippen molar-refractivity contribution in [2.45, 2.75) is 31.9 Å². The molecule has 0 aromatic rings. The van der Waals surface area contributed by atoms with Gasteiger partial charge in [-0.15, -0.1) is 0 Å². The fourth-order valence-electron chi connectivity index (χ4n) is 0.844. The third kappa shape index (κ3) is 6.72. The van der Waals surface area contributed by atoms with Crippen molar-refractivity contribution in [1.82, 2.24) is 0 Å². The first-order chi connectivity index (χ1) is 3.42. The second kappa shape index (κ2) is 3.04. The summed E-state index contributed by atoms with van der Waals surface area (Å²) >= 11 is 5.94. The van der Waals surface area contributed by atoms with Gasteiger partial charge >= 0.3 is 0 Å². The largest absolute Gasteiger partial charge is 0.172 e. The van der Waals surface area contributed by atoms with E-state index in [1.807, 2.05) is 0 Å². The highest BCUT2D eigenvalue weighted by Crippen LogP contribution is 2.11. The maximum absolute atomic E-state index is 5.94. The van der Waals surface area contributed by atoms with Crippen molar-refractivity contribution in [3.63, 3.8) is 0 Å². The molecule has 1 atom stereocenters. The average Bonchev–Trinajstić information content (AvgIpc) is 1.21. The molecule has 0 amide bonds. The van der Waals surface area contributed by atoms with Crippen molar-refractivity contribution in [2.75, 3.05) is 0 Å². The normalized spacial score (nSPS) is 16.1. The second-order valence-corrected chi connectivity index (χ2v) is 14.1. The topological polar surface area (TPSA) is 0 Å². The van der Waals surface area contributed by atoms with Crippen molar-refractivity contribution >= 4 is 27.3 Å². The van der Waals surface area contributed by atoms with E-state index in [4.69, 9.17) is 11.1 Å². The molecule has 50 valence electrons. The van der Waals surface area contributed by atoms with Crippen LogP contribution < -0.4 is 0 Å². The van der Waals surface area contributed by atoms with Gasteiger partial charge in [-0.05, 0) is 0 Å². The number of halogens is 1. The Hall–Kier alpha value is 0.724. The minimum Gasteiger partial charge on any atom is -0.172 e. The fraction of sp³-hybridized carbons (Fsp3) is 1.00. The zero-order valence-corrected chi connectivity index (χ0v) is 9.07. The van der Waals surface area contributed by atoms with Crippen LogP contribution in [0.25, 0.3) is 0 Å². The third-order valence-electron chi connectivity index (χ3n) is 0.894. The maximum Gasteiger partial charge on any atom is 0.135 e. The van der Waals surface area contributed by atoms with E-state index in [0.29, 0.717) is 0 Å². The van der Waals surface area contributed by atoms with Crippen LogP contribution in [0.2, 0.25) is 31.9 Å². The Kier molecular flexibility index (Phi) is 3.31. The smallest absolute Gasteiger partial charge is 0.135 e. The van der Waals surface area contributed by atoms with Crippen LogP contribution in [-0.4, -0.2) is 16.2 Å². The Morgan fingerprint density at radius 3 is 1.75 bits per heavy atom. The molecule has 3 heteroatoms. The lowest BCUT2D eigenvalue weighted by Crippen LogP contribution is -2.24. The van der Waals surface area contributed by atoms with Crippen LogP contribution in [-0.2, 0) is 0 Å². The third-order valence-corrected chi connectivity index (χ3v) is 9.43. The lowest BCUT2D eigenvalue weighted by atomic mass is 11.7. The van der Waals surface area contributed by atoms with Crippen LogP contribution in [0.3, 0.4) is 0 Å².